The number of nitrogen functional groups attached to an aromatic ring is 1. The summed E-state index contributed by atoms with van der Waals surface area (Å²) in [4.78, 5) is 2.42. The van der Waals surface area contributed by atoms with E-state index >= 15 is 0 Å². The first kappa shape index (κ1) is 13.4. The Labute approximate surface area is 109 Å². The average molecular weight is 252 g/mol. The highest BCUT2D eigenvalue weighted by atomic mass is 16.3. The van der Waals surface area contributed by atoms with Crippen molar-refractivity contribution in [3.05, 3.63) is 12.4 Å². The Bertz CT molecular complexity index is 362. The Morgan fingerprint density at radius 3 is 2.94 bits per heavy atom. The highest BCUT2D eigenvalue weighted by Crippen LogP contribution is 2.27. The van der Waals surface area contributed by atoms with Gasteiger partial charge >= 0.3 is 0 Å². The van der Waals surface area contributed by atoms with E-state index in [1.807, 2.05) is 0 Å². The van der Waals surface area contributed by atoms with Gasteiger partial charge in [-0.25, -0.2) is 0 Å². The van der Waals surface area contributed by atoms with Crippen LogP contribution in [0.1, 0.15) is 32.6 Å². The lowest BCUT2D eigenvalue weighted by molar-refractivity contribution is 0.0903. The van der Waals surface area contributed by atoms with Crippen molar-refractivity contribution in [3.8, 4) is 0 Å². The van der Waals surface area contributed by atoms with Crippen LogP contribution in [0.2, 0.25) is 0 Å². The van der Waals surface area contributed by atoms with E-state index in [1.54, 1.807) is 17.1 Å². The van der Waals surface area contributed by atoms with E-state index in [4.69, 9.17) is 5.73 Å². The minimum absolute atomic E-state index is 0.373. The number of aliphatic hydroxyl groups excluding tert-OH is 1. The zero-order valence-electron chi connectivity index (χ0n) is 11.1. The summed E-state index contributed by atoms with van der Waals surface area (Å²) in [5, 5.41) is 14.2. The molecule has 1 aromatic heterocycles. The van der Waals surface area contributed by atoms with Gasteiger partial charge in [-0.1, -0.05) is 13.3 Å². The first-order chi connectivity index (χ1) is 8.69. The molecule has 0 radical (unpaired) electrons. The molecule has 1 heterocycles. The molecule has 1 unspecified atom stereocenters. The van der Waals surface area contributed by atoms with Gasteiger partial charge in [0.25, 0.3) is 0 Å². The van der Waals surface area contributed by atoms with Crippen LogP contribution in [0.4, 0.5) is 5.69 Å². The summed E-state index contributed by atoms with van der Waals surface area (Å²) < 4.78 is 1.71. The highest BCUT2D eigenvalue weighted by Gasteiger charge is 2.29. The maximum atomic E-state index is 10.1. The molecule has 2 rings (SSSR count). The van der Waals surface area contributed by atoms with Crippen molar-refractivity contribution >= 4 is 5.69 Å². The van der Waals surface area contributed by atoms with Gasteiger partial charge in [-0.15, -0.1) is 0 Å². The lowest BCUT2D eigenvalue weighted by Crippen LogP contribution is -2.37. The number of anilines is 1. The molecule has 18 heavy (non-hydrogen) atoms. The van der Waals surface area contributed by atoms with Crippen LogP contribution in [0, 0.1) is 0 Å². The number of rotatable bonds is 8. The van der Waals surface area contributed by atoms with Crippen LogP contribution in [0.3, 0.4) is 0 Å². The molecule has 1 aliphatic carbocycles. The van der Waals surface area contributed by atoms with Gasteiger partial charge in [0, 0.05) is 18.8 Å². The normalized spacial score (nSPS) is 17.3. The van der Waals surface area contributed by atoms with Crippen LogP contribution >= 0.6 is 0 Å². The van der Waals surface area contributed by atoms with Crippen LogP contribution in [-0.2, 0) is 6.54 Å². The standard InChI is InChI=1S/C13H24N4O/c1-2-3-6-16(12-4-5-12)9-13(18)10-17-8-11(14)7-15-17/h7-8,12-13,18H,2-6,9-10,14H2,1H3. The van der Waals surface area contributed by atoms with Crippen molar-refractivity contribution in [1.82, 2.24) is 14.7 Å². The first-order valence-corrected chi connectivity index (χ1v) is 6.89. The minimum atomic E-state index is -0.373. The van der Waals surface area contributed by atoms with Gasteiger partial charge in [0.15, 0.2) is 0 Å². The van der Waals surface area contributed by atoms with E-state index in [9.17, 15) is 5.11 Å². The number of aliphatic hydroxyl groups is 1. The number of hydrogen-bond donors (Lipinski definition) is 2. The minimum Gasteiger partial charge on any atom is -0.396 e. The number of hydrogen-bond acceptors (Lipinski definition) is 4. The van der Waals surface area contributed by atoms with E-state index in [0.29, 0.717) is 18.3 Å². The van der Waals surface area contributed by atoms with Gasteiger partial charge in [-0.3, -0.25) is 9.58 Å². The third-order valence-electron chi connectivity index (χ3n) is 3.36. The zero-order valence-corrected chi connectivity index (χ0v) is 11.1. The lowest BCUT2D eigenvalue weighted by atomic mass is 10.2. The predicted molar refractivity (Wildman–Crippen MR) is 72.1 cm³/mol. The molecule has 0 amide bonds. The SMILES string of the molecule is CCCCN(CC(O)Cn1cc(N)cn1)C1CC1. The van der Waals surface area contributed by atoms with Gasteiger partial charge in [-0.05, 0) is 25.8 Å². The predicted octanol–water partition coefficient (Wildman–Crippen LogP) is 1.09. The summed E-state index contributed by atoms with van der Waals surface area (Å²) in [5.41, 5.74) is 6.25. The maximum Gasteiger partial charge on any atom is 0.0862 e. The molecular formula is C13H24N4O. The number of unbranched alkanes of at least 4 members (excludes halogenated alkanes) is 1. The smallest absolute Gasteiger partial charge is 0.0862 e. The fourth-order valence-corrected chi connectivity index (χ4v) is 2.25. The molecule has 1 atom stereocenters. The van der Waals surface area contributed by atoms with E-state index in [0.717, 1.165) is 13.1 Å². The largest absolute Gasteiger partial charge is 0.396 e. The third-order valence-corrected chi connectivity index (χ3v) is 3.36. The summed E-state index contributed by atoms with van der Waals surface area (Å²) in [6.45, 7) is 4.56. The van der Waals surface area contributed by atoms with Gasteiger partial charge in [0.05, 0.1) is 24.5 Å². The Morgan fingerprint density at radius 1 is 1.61 bits per heavy atom. The number of nitrogens with zero attached hydrogens (tertiary/aromatic N) is 3. The van der Waals surface area contributed by atoms with Crippen molar-refractivity contribution in [2.75, 3.05) is 18.8 Å². The molecular weight excluding hydrogens is 228 g/mol. The Kier molecular flexibility index (Phi) is 4.60. The monoisotopic (exact) mass is 252 g/mol. The van der Waals surface area contributed by atoms with E-state index in [2.05, 4.69) is 16.9 Å². The summed E-state index contributed by atoms with van der Waals surface area (Å²) in [5.74, 6) is 0. The Balaban J connectivity index is 1.78. The number of aromatic nitrogens is 2. The molecule has 1 aromatic rings. The van der Waals surface area contributed by atoms with Crippen molar-refractivity contribution in [3.63, 3.8) is 0 Å². The van der Waals surface area contributed by atoms with Gasteiger partial charge in [0.2, 0.25) is 0 Å². The van der Waals surface area contributed by atoms with Crippen LogP contribution in [0.15, 0.2) is 12.4 Å². The molecule has 0 saturated heterocycles. The second-order valence-electron chi connectivity index (χ2n) is 5.23. The quantitative estimate of drug-likeness (QED) is 0.727. The zero-order chi connectivity index (χ0) is 13.0. The van der Waals surface area contributed by atoms with Crippen molar-refractivity contribution in [2.24, 2.45) is 0 Å². The number of nitrogens with two attached hydrogens (primary N) is 1. The Hall–Kier alpha value is -1.07. The van der Waals surface area contributed by atoms with E-state index in [-0.39, 0.29) is 6.10 Å². The van der Waals surface area contributed by atoms with E-state index < -0.39 is 0 Å². The van der Waals surface area contributed by atoms with Crippen LogP contribution in [-0.4, -0.2) is 45.0 Å². The van der Waals surface area contributed by atoms with Crippen molar-refractivity contribution in [2.45, 2.75) is 51.3 Å². The topological polar surface area (TPSA) is 67.3 Å². The van der Waals surface area contributed by atoms with Gasteiger partial charge in [-0.2, -0.15) is 5.10 Å². The molecule has 1 aliphatic rings. The Morgan fingerprint density at radius 2 is 2.39 bits per heavy atom. The average Bonchev–Trinajstić information content (AvgIpc) is 3.09. The van der Waals surface area contributed by atoms with Gasteiger partial charge < -0.3 is 10.8 Å². The molecule has 1 saturated carbocycles. The molecule has 0 bridgehead atoms. The molecule has 0 aromatic carbocycles. The van der Waals surface area contributed by atoms with Crippen LogP contribution in [0.25, 0.3) is 0 Å². The van der Waals surface area contributed by atoms with Crippen LogP contribution < -0.4 is 5.73 Å². The van der Waals surface area contributed by atoms with Gasteiger partial charge in [0.1, 0.15) is 0 Å². The fourth-order valence-electron chi connectivity index (χ4n) is 2.25. The summed E-state index contributed by atoms with van der Waals surface area (Å²) in [7, 11) is 0. The summed E-state index contributed by atoms with van der Waals surface area (Å²) in [6.07, 6.45) is 7.98. The molecule has 5 nitrogen and oxygen atoms in total. The first-order valence-electron chi connectivity index (χ1n) is 6.89. The van der Waals surface area contributed by atoms with E-state index in [1.165, 1.54) is 25.7 Å². The van der Waals surface area contributed by atoms with Crippen molar-refractivity contribution in [1.29, 1.82) is 0 Å². The molecule has 102 valence electrons. The molecule has 0 aliphatic heterocycles. The third kappa shape index (κ3) is 3.99. The molecule has 5 heteroatoms. The summed E-state index contributed by atoms with van der Waals surface area (Å²) >= 11 is 0. The lowest BCUT2D eigenvalue weighted by Gasteiger charge is -2.24. The van der Waals surface area contributed by atoms with Crippen molar-refractivity contribution < 1.29 is 5.11 Å². The second kappa shape index (κ2) is 6.20. The summed E-state index contributed by atoms with van der Waals surface area (Å²) in [6, 6.07) is 0.703. The maximum absolute atomic E-state index is 10.1. The molecule has 3 N–H and O–H groups in total. The highest BCUT2D eigenvalue weighted by molar-refractivity contribution is 5.30. The molecule has 1 fully saturated rings. The second-order valence-corrected chi connectivity index (χ2v) is 5.23. The fraction of sp³-hybridized carbons (Fsp3) is 0.769. The molecule has 0 spiro atoms. The van der Waals surface area contributed by atoms with Crippen LogP contribution in [0.5, 0.6) is 0 Å².